The molecule has 4 N–H and O–H groups in total. The molecule has 0 spiro atoms. The number of methoxy groups -OCH3 is 1. The van der Waals surface area contributed by atoms with Crippen LogP contribution in [0.25, 0.3) is 0 Å². The Morgan fingerprint density at radius 1 is 1.08 bits per heavy atom. The number of fused-ring (bicyclic) bond motifs is 1. The van der Waals surface area contributed by atoms with Crippen molar-refractivity contribution in [1.82, 2.24) is 9.62 Å². The van der Waals surface area contributed by atoms with Crippen LogP contribution in [-0.4, -0.2) is 77.6 Å². The summed E-state index contributed by atoms with van der Waals surface area (Å²) in [5.41, 5.74) is 4.66. The van der Waals surface area contributed by atoms with Crippen molar-refractivity contribution in [2.24, 2.45) is 5.14 Å². The Balaban J connectivity index is 1.27. The molecule has 1 amide bonds. The van der Waals surface area contributed by atoms with Gasteiger partial charge >= 0.3 is 6.09 Å². The van der Waals surface area contributed by atoms with E-state index in [-0.39, 0.29) is 18.6 Å². The molecule has 0 aromatic heterocycles. The van der Waals surface area contributed by atoms with Gasteiger partial charge in [0.05, 0.1) is 45.7 Å². The first kappa shape index (κ1) is 39.3. The first-order valence-electron chi connectivity index (χ1n) is 18.1. The highest BCUT2D eigenvalue weighted by Crippen LogP contribution is 2.37. The molecule has 0 bridgehead atoms. The summed E-state index contributed by atoms with van der Waals surface area (Å²) in [5.74, 6) is 1.53. The van der Waals surface area contributed by atoms with Crippen molar-refractivity contribution in [2.45, 2.75) is 83.2 Å². The normalized spacial score (nSPS) is 18.2. The zero-order valence-corrected chi connectivity index (χ0v) is 31.6. The fourth-order valence-electron chi connectivity index (χ4n) is 6.63. The fourth-order valence-corrected chi connectivity index (χ4v) is 7.03. The average molecular weight is 739 g/mol. The lowest BCUT2D eigenvalue weighted by Crippen LogP contribution is -2.48. The number of anilines is 1. The van der Waals surface area contributed by atoms with Gasteiger partial charge in [-0.1, -0.05) is 42.5 Å². The lowest BCUT2D eigenvalue weighted by Gasteiger charge is -2.40. The predicted octanol–water partition coefficient (Wildman–Crippen LogP) is 6.07. The number of hydrogen-bond donors (Lipinski definition) is 3. The Morgan fingerprint density at radius 3 is 2.62 bits per heavy atom. The Bertz CT molecular complexity index is 1710. The summed E-state index contributed by atoms with van der Waals surface area (Å²) in [6.45, 7) is 8.90. The molecule has 2 heterocycles. The number of benzene rings is 3. The highest BCUT2D eigenvalue weighted by atomic mass is 32.2. The van der Waals surface area contributed by atoms with Crippen LogP contribution in [0.3, 0.4) is 0 Å². The van der Waals surface area contributed by atoms with Crippen LogP contribution in [0.15, 0.2) is 66.7 Å². The van der Waals surface area contributed by atoms with Gasteiger partial charge < -0.3 is 33.9 Å². The molecule has 13 heteroatoms. The number of likely N-dealkylation sites (tertiary alicyclic amines) is 1. The van der Waals surface area contributed by atoms with E-state index in [1.54, 1.807) is 12.0 Å². The zero-order valence-electron chi connectivity index (χ0n) is 30.8. The fraction of sp³-hybridized carbons (Fsp3) is 0.513. The van der Waals surface area contributed by atoms with Crippen LogP contribution < -0.4 is 24.7 Å². The van der Waals surface area contributed by atoms with Gasteiger partial charge in [-0.2, -0.15) is 8.42 Å². The minimum Gasteiger partial charge on any atom is -0.496 e. The Morgan fingerprint density at radius 2 is 1.87 bits per heavy atom. The number of hydrogen-bond acceptors (Lipinski definition) is 9. The van der Waals surface area contributed by atoms with E-state index in [0.717, 1.165) is 59.7 Å². The zero-order chi connectivity index (χ0) is 37.1. The molecular weight excluding hydrogens is 685 g/mol. The maximum absolute atomic E-state index is 13.2. The third-order valence-electron chi connectivity index (χ3n) is 9.16. The van der Waals surface area contributed by atoms with Gasteiger partial charge in [0.25, 0.3) is 10.2 Å². The third-order valence-corrected chi connectivity index (χ3v) is 9.77. The van der Waals surface area contributed by atoms with Gasteiger partial charge in [-0.15, -0.1) is 0 Å². The van der Waals surface area contributed by atoms with E-state index in [1.807, 2.05) is 63.2 Å². The minimum atomic E-state index is -3.88. The van der Waals surface area contributed by atoms with E-state index in [1.165, 1.54) is 5.56 Å². The Hall–Kier alpha value is -3.88. The Kier molecular flexibility index (Phi) is 13.8. The molecule has 1 fully saturated rings. The molecule has 0 aliphatic carbocycles. The number of piperidine rings is 1. The van der Waals surface area contributed by atoms with Gasteiger partial charge in [0.2, 0.25) is 0 Å². The van der Waals surface area contributed by atoms with Gasteiger partial charge in [0, 0.05) is 43.2 Å². The van der Waals surface area contributed by atoms with E-state index < -0.39 is 28.0 Å². The summed E-state index contributed by atoms with van der Waals surface area (Å²) in [6.07, 6.45) is 2.53. The largest absolute Gasteiger partial charge is 0.496 e. The molecule has 1 unspecified atom stereocenters. The standard InChI is InChI=1S/C39H54N4O8S/c1-39(2,3)51-38(44)43-22-19-33(28-14-16-32(17-15-28)49-24-8-23-48-27-31-9-5-6-11-35(31)47-4)37(26-43)50-36(18-21-42-52(40,45)46)30-13-12-29-10-7-20-41-34(29)25-30/h5-6,9,11-17,25,33,36-37,41-42H,7-8,10,18-24,26-27H2,1-4H3,(H2,40,45,46)/t33-,36?,37+/m1/s1. The number of ether oxygens (including phenoxy) is 5. The van der Waals surface area contributed by atoms with E-state index in [4.69, 9.17) is 28.8 Å². The van der Waals surface area contributed by atoms with Gasteiger partial charge in [0.1, 0.15) is 17.1 Å². The quantitative estimate of drug-likeness (QED) is 0.149. The van der Waals surface area contributed by atoms with E-state index in [0.29, 0.717) is 45.8 Å². The second-order valence-electron chi connectivity index (χ2n) is 14.3. The number of carbonyl (C=O) groups excluding carboxylic acids is 1. The third kappa shape index (κ3) is 11.8. The molecule has 12 nitrogen and oxygen atoms in total. The smallest absolute Gasteiger partial charge is 0.410 e. The molecule has 5 rings (SSSR count). The lowest BCUT2D eigenvalue weighted by atomic mass is 9.86. The topological polar surface area (TPSA) is 151 Å². The summed E-state index contributed by atoms with van der Waals surface area (Å²) < 4.78 is 55.8. The highest BCUT2D eigenvalue weighted by Gasteiger charge is 2.37. The van der Waals surface area contributed by atoms with Crippen molar-refractivity contribution in [1.29, 1.82) is 0 Å². The molecule has 3 aromatic carbocycles. The molecule has 3 aromatic rings. The van der Waals surface area contributed by atoms with Crippen molar-refractivity contribution in [3.05, 3.63) is 89.0 Å². The minimum absolute atomic E-state index is 0.0411. The lowest BCUT2D eigenvalue weighted by molar-refractivity contribution is -0.0670. The van der Waals surface area contributed by atoms with Crippen molar-refractivity contribution in [3.8, 4) is 11.5 Å². The number of nitrogens with zero attached hydrogens (tertiary/aromatic N) is 1. The van der Waals surface area contributed by atoms with Gasteiger partial charge in [-0.25, -0.2) is 14.7 Å². The van der Waals surface area contributed by atoms with Crippen molar-refractivity contribution < 1.29 is 36.9 Å². The number of para-hydroxylation sites is 1. The van der Waals surface area contributed by atoms with Crippen LogP contribution in [0.2, 0.25) is 0 Å². The van der Waals surface area contributed by atoms with Crippen molar-refractivity contribution in [3.63, 3.8) is 0 Å². The first-order chi connectivity index (χ1) is 24.9. The van der Waals surface area contributed by atoms with E-state index >= 15 is 0 Å². The van der Waals surface area contributed by atoms with Crippen LogP contribution >= 0.6 is 0 Å². The summed E-state index contributed by atoms with van der Waals surface area (Å²) in [5, 5.41) is 8.74. The van der Waals surface area contributed by atoms with Crippen LogP contribution in [0.4, 0.5) is 10.5 Å². The number of nitrogens with two attached hydrogens (primary N) is 1. The van der Waals surface area contributed by atoms with Gasteiger partial charge in [-0.05, 0) is 87.4 Å². The van der Waals surface area contributed by atoms with Crippen LogP contribution in [0, 0.1) is 0 Å². The average Bonchev–Trinajstić information content (AvgIpc) is 3.11. The molecule has 3 atom stereocenters. The van der Waals surface area contributed by atoms with E-state index in [2.05, 4.69) is 34.3 Å². The monoisotopic (exact) mass is 738 g/mol. The van der Waals surface area contributed by atoms with Crippen LogP contribution in [0.1, 0.15) is 80.7 Å². The molecule has 284 valence electrons. The first-order valence-corrected chi connectivity index (χ1v) is 19.6. The molecule has 52 heavy (non-hydrogen) atoms. The maximum atomic E-state index is 13.2. The Labute approximate surface area is 308 Å². The molecule has 0 radical (unpaired) electrons. The van der Waals surface area contributed by atoms with Crippen molar-refractivity contribution >= 4 is 22.0 Å². The summed E-state index contributed by atoms with van der Waals surface area (Å²) in [4.78, 5) is 14.9. The van der Waals surface area contributed by atoms with Crippen LogP contribution in [-0.2, 0) is 37.4 Å². The molecule has 0 saturated carbocycles. The molecule has 1 saturated heterocycles. The van der Waals surface area contributed by atoms with E-state index in [9.17, 15) is 13.2 Å². The van der Waals surface area contributed by atoms with Crippen LogP contribution in [0.5, 0.6) is 11.5 Å². The highest BCUT2D eigenvalue weighted by molar-refractivity contribution is 7.87. The summed E-state index contributed by atoms with van der Waals surface area (Å²) in [7, 11) is -2.23. The second kappa shape index (κ2) is 18.2. The van der Waals surface area contributed by atoms with Gasteiger partial charge in [-0.3, -0.25) is 0 Å². The number of amides is 1. The molecule has 2 aliphatic heterocycles. The number of nitrogens with one attached hydrogen (secondary N) is 2. The van der Waals surface area contributed by atoms with Gasteiger partial charge in [0.15, 0.2) is 0 Å². The number of rotatable bonds is 16. The summed E-state index contributed by atoms with van der Waals surface area (Å²) in [6, 6.07) is 22.1. The number of carbonyl (C=O) groups is 1. The predicted molar refractivity (Wildman–Crippen MR) is 201 cm³/mol. The second-order valence-corrected chi connectivity index (χ2v) is 15.7. The number of aryl methyl sites for hydroxylation is 1. The van der Waals surface area contributed by atoms with Crippen molar-refractivity contribution in [2.75, 3.05) is 51.8 Å². The SMILES string of the molecule is COc1ccccc1COCCCOc1ccc([C@H]2CCN(C(=O)OC(C)(C)C)C[C@@H]2OC(CCNS(N)(=O)=O)c2ccc3c(c2)NCCC3)cc1. The molecular formula is C39H54N4O8S. The summed E-state index contributed by atoms with van der Waals surface area (Å²) >= 11 is 0. The molecule has 2 aliphatic rings. The maximum Gasteiger partial charge on any atom is 0.410 e.